The quantitative estimate of drug-likeness (QED) is 0.280. The summed E-state index contributed by atoms with van der Waals surface area (Å²) in [6, 6.07) is 13.8. The van der Waals surface area contributed by atoms with Crippen molar-refractivity contribution in [2.24, 2.45) is 0 Å². The SMILES string of the molecule is O=c1c(C(C[N+](=O)[O-])c2ccccc2)c(O)[n+](Cc2cnc(Cl)s2)c2ccccn12. The van der Waals surface area contributed by atoms with Crippen LogP contribution in [-0.2, 0) is 6.54 Å². The standard InChI is InChI=1S/C20H15ClN4O4S/c21-20-22-10-14(30-20)11-24-16-8-4-5-9-23(16)18(26)17(19(24)27)15(12-25(28)29)13-6-2-1-3-7-13/h1-10,15H,11-12H2/p+1. The van der Waals surface area contributed by atoms with Gasteiger partial charge in [-0.1, -0.05) is 48.0 Å². The van der Waals surface area contributed by atoms with E-state index in [-0.39, 0.29) is 18.0 Å². The second kappa shape index (κ2) is 8.21. The molecule has 3 aromatic heterocycles. The Morgan fingerprint density at radius 3 is 2.63 bits per heavy atom. The highest BCUT2D eigenvalue weighted by molar-refractivity contribution is 7.15. The molecule has 1 unspecified atom stereocenters. The summed E-state index contributed by atoms with van der Waals surface area (Å²) < 4.78 is 3.28. The topological polar surface area (TPSA) is 102 Å². The summed E-state index contributed by atoms with van der Waals surface area (Å²) in [6.07, 6.45) is 3.17. The molecule has 8 nitrogen and oxygen atoms in total. The van der Waals surface area contributed by atoms with E-state index in [0.29, 0.717) is 15.7 Å². The molecule has 0 radical (unpaired) electrons. The van der Waals surface area contributed by atoms with Crippen LogP contribution in [0.1, 0.15) is 21.9 Å². The van der Waals surface area contributed by atoms with Crippen LogP contribution < -0.4 is 10.1 Å². The van der Waals surface area contributed by atoms with E-state index in [4.69, 9.17) is 11.6 Å². The van der Waals surface area contributed by atoms with Crippen molar-refractivity contribution in [1.82, 2.24) is 9.38 Å². The van der Waals surface area contributed by atoms with Gasteiger partial charge in [-0.05, 0) is 11.6 Å². The lowest BCUT2D eigenvalue weighted by Gasteiger charge is -2.15. The number of thiazole rings is 1. The first-order valence-corrected chi connectivity index (χ1v) is 10.2. The molecule has 1 N–H and O–H groups in total. The van der Waals surface area contributed by atoms with Crippen LogP contribution >= 0.6 is 22.9 Å². The number of benzene rings is 1. The molecule has 0 aliphatic heterocycles. The fraction of sp³-hybridized carbons (Fsp3) is 0.150. The van der Waals surface area contributed by atoms with Crippen molar-refractivity contribution in [1.29, 1.82) is 0 Å². The Morgan fingerprint density at radius 1 is 1.23 bits per heavy atom. The molecule has 0 amide bonds. The van der Waals surface area contributed by atoms with Crippen LogP contribution in [0.3, 0.4) is 0 Å². The molecule has 0 aliphatic rings. The first kappa shape index (κ1) is 20.0. The minimum atomic E-state index is -0.915. The fourth-order valence-corrected chi connectivity index (χ4v) is 4.44. The van der Waals surface area contributed by atoms with Gasteiger partial charge >= 0.3 is 5.56 Å². The average molecular weight is 444 g/mol. The van der Waals surface area contributed by atoms with E-state index in [2.05, 4.69) is 4.98 Å². The summed E-state index contributed by atoms with van der Waals surface area (Å²) in [4.78, 5) is 29.0. The van der Waals surface area contributed by atoms with Gasteiger partial charge in [0.05, 0.1) is 17.0 Å². The summed E-state index contributed by atoms with van der Waals surface area (Å²) in [5.41, 5.74) is 0.487. The van der Waals surface area contributed by atoms with Gasteiger partial charge in [-0.15, -0.1) is 11.3 Å². The zero-order valence-corrected chi connectivity index (χ0v) is 17.1. The smallest absolute Gasteiger partial charge is 0.350 e. The highest BCUT2D eigenvalue weighted by atomic mass is 35.5. The predicted octanol–water partition coefficient (Wildman–Crippen LogP) is 2.86. The molecule has 1 atom stereocenters. The van der Waals surface area contributed by atoms with Gasteiger partial charge in [0.1, 0.15) is 12.1 Å². The van der Waals surface area contributed by atoms with Crippen molar-refractivity contribution >= 4 is 28.6 Å². The van der Waals surface area contributed by atoms with Crippen LogP contribution in [0.4, 0.5) is 0 Å². The van der Waals surface area contributed by atoms with Crippen molar-refractivity contribution in [3.8, 4) is 5.88 Å². The van der Waals surface area contributed by atoms with Crippen LogP contribution in [0.5, 0.6) is 5.88 Å². The summed E-state index contributed by atoms with van der Waals surface area (Å²) in [5, 5.41) is 22.6. The van der Waals surface area contributed by atoms with Crippen LogP contribution in [0.2, 0.25) is 4.47 Å². The highest BCUT2D eigenvalue weighted by Gasteiger charge is 2.33. The molecule has 0 saturated carbocycles. The lowest BCUT2D eigenvalue weighted by Crippen LogP contribution is -2.43. The fourth-order valence-electron chi connectivity index (χ4n) is 3.48. The number of nitrogens with zero attached hydrogens (tertiary/aromatic N) is 4. The third kappa shape index (κ3) is 3.77. The number of hydrogen-bond acceptors (Lipinski definition) is 6. The maximum atomic E-state index is 13.3. The van der Waals surface area contributed by atoms with Gasteiger partial charge in [-0.25, -0.2) is 9.78 Å². The lowest BCUT2D eigenvalue weighted by atomic mass is 9.92. The van der Waals surface area contributed by atoms with Crippen LogP contribution in [0, 0.1) is 10.1 Å². The molecule has 10 heteroatoms. The average Bonchev–Trinajstić information content (AvgIpc) is 3.15. The van der Waals surface area contributed by atoms with Crippen molar-refractivity contribution in [3.05, 3.63) is 102 Å². The number of fused-ring (bicyclic) bond motifs is 1. The minimum absolute atomic E-state index is 0.0304. The summed E-state index contributed by atoms with van der Waals surface area (Å²) in [5.74, 6) is -1.23. The van der Waals surface area contributed by atoms with E-state index < -0.39 is 22.9 Å². The number of hydrogen-bond donors (Lipinski definition) is 1. The maximum Gasteiger partial charge on any atom is 0.350 e. The Kier molecular flexibility index (Phi) is 5.47. The largest absolute Gasteiger partial charge is 0.477 e. The molecule has 0 aliphatic carbocycles. The maximum absolute atomic E-state index is 13.3. The Labute approximate surface area is 179 Å². The number of aromatic nitrogens is 3. The first-order chi connectivity index (χ1) is 14.5. The molecule has 4 aromatic rings. The predicted molar refractivity (Wildman–Crippen MR) is 112 cm³/mol. The molecule has 0 bridgehead atoms. The van der Waals surface area contributed by atoms with Gasteiger partial charge in [-0.2, -0.15) is 8.97 Å². The lowest BCUT2D eigenvalue weighted by molar-refractivity contribution is -0.672. The van der Waals surface area contributed by atoms with Gasteiger partial charge in [0.2, 0.25) is 6.54 Å². The second-order valence-corrected chi connectivity index (χ2v) is 8.31. The van der Waals surface area contributed by atoms with E-state index in [0.717, 1.165) is 4.88 Å². The van der Waals surface area contributed by atoms with Gasteiger partial charge < -0.3 is 5.11 Å². The number of rotatable bonds is 6. The van der Waals surface area contributed by atoms with Gasteiger partial charge in [0.15, 0.2) is 4.47 Å². The van der Waals surface area contributed by atoms with Crippen LogP contribution in [0.25, 0.3) is 5.65 Å². The Bertz CT molecular complexity index is 1290. The molecular formula is C20H16ClN4O4S+. The normalized spacial score (nSPS) is 12.2. The number of nitro groups is 1. The zero-order chi connectivity index (χ0) is 21.3. The van der Waals surface area contributed by atoms with E-state index in [1.807, 2.05) is 0 Å². The van der Waals surface area contributed by atoms with Crippen LogP contribution in [0.15, 0.2) is 65.7 Å². The molecule has 1 aromatic carbocycles. The Balaban J connectivity index is 1.99. The van der Waals surface area contributed by atoms with E-state index >= 15 is 0 Å². The number of pyridine rings is 1. The van der Waals surface area contributed by atoms with Crippen LogP contribution in [-0.4, -0.2) is 26.0 Å². The summed E-state index contributed by atoms with van der Waals surface area (Å²) in [6.45, 7) is -0.324. The van der Waals surface area contributed by atoms with Gasteiger partial charge in [0, 0.05) is 17.2 Å². The van der Waals surface area contributed by atoms with Crippen molar-refractivity contribution in [2.45, 2.75) is 12.5 Å². The molecule has 0 saturated heterocycles. The molecule has 3 heterocycles. The van der Waals surface area contributed by atoms with E-state index in [1.54, 1.807) is 60.9 Å². The zero-order valence-electron chi connectivity index (χ0n) is 15.5. The summed E-state index contributed by atoms with van der Waals surface area (Å²) >= 11 is 7.19. The van der Waals surface area contributed by atoms with Gasteiger partial charge in [-0.3, -0.25) is 10.1 Å². The molecule has 4 rings (SSSR count). The Morgan fingerprint density at radius 2 is 1.97 bits per heavy atom. The second-order valence-electron chi connectivity index (χ2n) is 6.62. The third-order valence-electron chi connectivity index (χ3n) is 4.78. The highest BCUT2D eigenvalue weighted by Crippen LogP contribution is 2.28. The van der Waals surface area contributed by atoms with Crippen molar-refractivity contribution < 1.29 is 14.6 Å². The minimum Gasteiger partial charge on any atom is -0.477 e. The van der Waals surface area contributed by atoms with Crippen molar-refractivity contribution in [2.75, 3.05) is 6.54 Å². The van der Waals surface area contributed by atoms with Gasteiger partial charge in [0.25, 0.3) is 11.5 Å². The molecule has 0 spiro atoms. The Hall–Kier alpha value is -3.30. The molecule has 0 fully saturated rings. The summed E-state index contributed by atoms with van der Waals surface area (Å²) in [7, 11) is 0. The molecule has 152 valence electrons. The van der Waals surface area contributed by atoms with E-state index in [1.165, 1.54) is 20.3 Å². The molecular weight excluding hydrogens is 428 g/mol. The molecule has 30 heavy (non-hydrogen) atoms. The van der Waals surface area contributed by atoms with Crippen molar-refractivity contribution in [3.63, 3.8) is 0 Å². The first-order valence-electron chi connectivity index (χ1n) is 8.98. The van der Waals surface area contributed by atoms with E-state index in [9.17, 15) is 20.0 Å². The third-order valence-corrected chi connectivity index (χ3v) is 5.88. The number of halogens is 1. The number of aromatic hydroxyl groups is 1. The monoisotopic (exact) mass is 443 g/mol.